The molecular weight excluding hydrogens is 233 g/mol. The molecule has 0 spiro atoms. The van der Waals surface area contributed by atoms with Gasteiger partial charge in [0.15, 0.2) is 6.17 Å². The molecule has 18 heavy (non-hydrogen) atoms. The third-order valence-corrected chi connectivity index (χ3v) is 2.75. The highest BCUT2D eigenvalue weighted by Crippen LogP contribution is 2.25. The molecule has 1 heterocycles. The number of carbonyl (C=O) groups excluding carboxylic acids is 1. The molecule has 1 N–H and O–H groups in total. The molecule has 2 rings (SSSR count). The van der Waals surface area contributed by atoms with Crippen LogP contribution in [0.25, 0.3) is 0 Å². The van der Waals surface area contributed by atoms with E-state index in [0.717, 1.165) is 0 Å². The Morgan fingerprint density at radius 1 is 1.39 bits per heavy atom. The standard InChI is InChI=1S/C13H16FN3O/c1-8(2)15-12-13(18)17(14)11-7-5-4-6-10(11)9(3)16-12/h4-8,12,15H,1-3H3. The van der Waals surface area contributed by atoms with Gasteiger partial charge in [-0.3, -0.25) is 15.1 Å². The highest BCUT2D eigenvalue weighted by Gasteiger charge is 2.30. The molecule has 0 fully saturated rings. The zero-order chi connectivity index (χ0) is 13.3. The van der Waals surface area contributed by atoms with Crippen LogP contribution in [0.3, 0.4) is 0 Å². The van der Waals surface area contributed by atoms with Gasteiger partial charge in [0.25, 0.3) is 5.91 Å². The molecule has 0 saturated carbocycles. The van der Waals surface area contributed by atoms with Crippen molar-refractivity contribution in [1.82, 2.24) is 5.32 Å². The van der Waals surface area contributed by atoms with Crippen LogP contribution in [-0.2, 0) is 4.79 Å². The van der Waals surface area contributed by atoms with E-state index in [1.807, 2.05) is 13.8 Å². The van der Waals surface area contributed by atoms with Gasteiger partial charge in [-0.25, -0.2) is 0 Å². The van der Waals surface area contributed by atoms with E-state index in [2.05, 4.69) is 10.3 Å². The molecule has 4 nitrogen and oxygen atoms in total. The summed E-state index contributed by atoms with van der Waals surface area (Å²) in [6.45, 7) is 5.55. The number of anilines is 1. The fraction of sp³-hybridized carbons (Fsp3) is 0.385. The van der Waals surface area contributed by atoms with E-state index in [1.165, 1.54) is 0 Å². The van der Waals surface area contributed by atoms with Crippen LogP contribution in [0, 0.1) is 0 Å². The molecule has 1 unspecified atom stereocenters. The number of hydrogen-bond acceptors (Lipinski definition) is 3. The SMILES string of the molecule is CC1=NC(NC(C)C)C(=O)N(F)c2ccccc21. The van der Waals surface area contributed by atoms with Gasteiger partial charge in [0.05, 0.1) is 5.69 Å². The first-order chi connectivity index (χ1) is 8.50. The summed E-state index contributed by atoms with van der Waals surface area (Å²) in [7, 11) is 0. The predicted octanol–water partition coefficient (Wildman–Crippen LogP) is 2.05. The van der Waals surface area contributed by atoms with Crippen LogP contribution in [0.1, 0.15) is 26.3 Å². The summed E-state index contributed by atoms with van der Waals surface area (Å²) >= 11 is 0. The maximum Gasteiger partial charge on any atom is 0.294 e. The number of rotatable bonds is 2. The molecule has 96 valence electrons. The first kappa shape index (κ1) is 12.7. The van der Waals surface area contributed by atoms with E-state index in [1.54, 1.807) is 31.2 Å². The van der Waals surface area contributed by atoms with Crippen molar-refractivity contribution in [1.29, 1.82) is 0 Å². The van der Waals surface area contributed by atoms with Crippen LogP contribution in [-0.4, -0.2) is 23.8 Å². The summed E-state index contributed by atoms with van der Waals surface area (Å²) in [5, 5.41) is 3.12. The van der Waals surface area contributed by atoms with Gasteiger partial charge in [0, 0.05) is 17.3 Å². The van der Waals surface area contributed by atoms with Crippen molar-refractivity contribution in [2.75, 3.05) is 5.12 Å². The molecule has 0 saturated heterocycles. The summed E-state index contributed by atoms with van der Waals surface area (Å²) in [6, 6.07) is 6.87. The van der Waals surface area contributed by atoms with E-state index in [0.29, 0.717) is 11.3 Å². The van der Waals surface area contributed by atoms with Crippen molar-refractivity contribution in [2.24, 2.45) is 4.99 Å². The monoisotopic (exact) mass is 249 g/mol. The summed E-state index contributed by atoms with van der Waals surface area (Å²) in [5.74, 6) is -0.687. The van der Waals surface area contributed by atoms with Crippen LogP contribution >= 0.6 is 0 Å². The Hall–Kier alpha value is -1.75. The zero-order valence-corrected chi connectivity index (χ0v) is 10.6. The average Bonchev–Trinajstić information content (AvgIpc) is 2.42. The molecule has 0 radical (unpaired) electrons. The smallest absolute Gasteiger partial charge is 0.286 e. The van der Waals surface area contributed by atoms with Gasteiger partial charge in [-0.2, -0.15) is 0 Å². The number of nitrogens with zero attached hydrogens (tertiary/aromatic N) is 2. The quantitative estimate of drug-likeness (QED) is 0.815. The molecule has 0 aromatic heterocycles. The van der Waals surface area contributed by atoms with E-state index >= 15 is 0 Å². The molecule has 1 atom stereocenters. The van der Waals surface area contributed by atoms with Gasteiger partial charge in [-0.1, -0.05) is 22.7 Å². The van der Waals surface area contributed by atoms with Crippen molar-refractivity contribution in [2.45, 2.75) is 33.0 Å². The topological polar surface area (TPSA) is 44.7 Å². The summed E-state index contributed by atoms with van der Waals surface area (Å²) in [4.78, 5) is 16.2. The van der Waals surface area contributed by atoms with Gasteiger partial charge >= 0.3 is 0 Å². The normalized spacial score (nSPS) is 19.6. The van der Waals surface area contributed by atoms with E-state index in [9.17, 15) is 9.28 Å². The minimum Gasteiger partial charge on any atom is -0.286 e. The molecule has 1 aromatic carbocycles. The second kappa shape index (κ2) is 4.86. The van der Waals surface area contributed by atoms with Crippen LogP contribution in [0.5, 0.6) is 0 Å². The summed E-state index contributed by atoms with van der Waals surface area (Å²) in [5.41, 5.74) is 1.54. The van der Waals surface area contributed by atoms with Crippen LogP contribution < -0.4 is 10.4 Å². The average molecular weight is 249 g/mol. The third-order valence-electron chi connectivity index (χ3n) is 2.75. The van der Waals surface area contributed by atoms with Gasteiger partial charge in [0.1, 0.15) is 0 Å². The van der Waals surface area contributed by atoms with Gasteiger partial charge in [0.2, 0.25) is 0 Å². The largest absolute Gasteiger partial charge is 0.294 e. The van der Waals surface area contributed by atoms with Crippen molar-refractivity contribution in [3.8, 4) is 0 Å². The molecule has 1 aromatic rings. The maximum absolute atomic E-state index is 14.1. The molecule has 0 bridgehead atoms. The maximum atomic E-state index is 14.1. The number of amides is 1. The van der Waals surface area contributed by atoms with Crippen molar-refractivity contribution >= 4 is 17.3 Å². The van der Waals surface area contributed by atoms with Gasteiger partial charge in [-0.05, 0) is 26.8 Å². The second-order valence-electron chi connectivity index (χ2n) is 4.57. The van der Waals surface area contributed by atoms with Crippen LogP contribution in [0.2, 0.25) is 0 Å². The summed E-state index contributed by atoms with van der Waals surface area (Å²) < 4.78 is 14.1. The van der Waals surface area contributed by atoms with E-state index in [4.69, 9.17) is 0 Å². The lowest BCUT2D eigenvalue weighted by Gasteiger charge is -2.18. The van der Waals surface area contributed by atoms with Crippen LogP contribution in [0.4, 0.5) is 10.2 Å². The Labute approximate surface area is 105 Å². The second-order valence-corrected chi connectivity index (χ2v) is 4.57. The first-order valence-corrected chi connectivity index (χ1v) is 5.90. The van der Waals surface area contributed by atoms with Crippen molar-refractivity contribution in [3.63, 3.8) is 0 Å². The number of benzodiazepines with no additional fused rings is 1. The summed E-state index contributed by atoms with van der Waals surface area (Å²) in [6.07, 6.45) is -0.873. The third kappa shape index (κ3) is 2.26. The fourth-order valence-electron chi connectivity index (χ4n) is 1.92. The molecule has 1 aliphatic heterocycles. The number of carbonyl (C=O) groups is 1. The highest BCUT2D eigenvalue weighted by atomic mass is 19.2. The lowest BCUT2D eigenvalue weighted by molar-refractivity contribution is -0.123. The number of benzene rings is 1. The molecule has 1 aliphatic rings. The van der Waals surface area contributed by atoms with Crippen molar-refractivity contribution in [3.05, 3.63) is 29.8 Å². The Morgan fingerprint density at radius 2 is 2.06 bits per heavy atom. The Balaban J connectivity index is 2.45. The Kier molecular flexibility index (Phi) is 3.43. The van der Waals surface area contributed by atoms with Gasteiger partial charge in [-0.15, -0.1) is 5.12 Å². The number of para-hydroxylation sites is 1. The van der Waals surface area contributed by atoms with Gasteiger partial charge < -0.3 is 0 Å². The highest BCUT2D eigenvalue weighted by molar-refractivity contribution is 6.10. The minimum atomic E-state index is -0.873. The number of aliphatic imine (C=N–C) groups is 1. The minimum absolute atomic E-state index is 0.0464. The van der Waals surface area contributed by atoms with Crippen molar-refractivity contribution < 1.29 is 9.28 Å². The molecule has 1 amide bonds. The number of halogens is 1. The van der Waals surface area contributed by atoms with Crippen LogP contribution in [0.15, 0.2) is 29.3 Å². The fourth-order valence-corrected chi connectivity index (χ4v) is 1.92. The Bertz CT molecular complexity index is 499. The number of hydrogen-bond donors (Lipinski definition) is 1. The number of fused-ring (bicyclic) bond motifs is 1. The molecule has 0 aliphatic carbocycles. The molecule has 5 heteroatoms. The lowest BCUT2D eigenvalue weighted by Crippen LogP contribution is -2.44. The first-order valence-electron chi connectivity index (χ1n) is 5.90. The van der Waals surface area contributed by atoms with E-state index in [-0.39, 0.29) is 16.9 Å². The lowest BCUT2D eigenvalue weighted by atomic mass is 10.1. The zero-order valence-electron chi connectivity index (χ0n) is 10.6. The predicted molar refractivity (Wildman–Crippen MR) is 69.3 cm³/mol. The molecular formula is C13H16FN3O. The Morgan fingerprint density at radius 3 is 2.72 bits per heavy atom. The van der Waals surface area contributed by atoms with E-state index < -0.39 is 12.1 Å². The number of nitrogens with one attached hydrogen (secondary N) is 1.